The van der Waals surface area contributed by atoms with Crippen LogP contribution in [0.4, 0.5) is 18.9 Å². The minimum absolute atomic E-state index is 0.0693. The summed E-state index contributed by atoms with van der Waals surface area (Å²) in [7, 11) is 0. The molecule has 2 aliphatic rings. The zero-order valence-corrected chi connectivity index (χ0v) is 16.7. The van der Waals surface area contributed by atoms with Gasteiger partial charge in [0.15, 0.2) is 0 Å². The van der Waals surface area contributed by atoms with Crippen LogP contribution in [0.2, 0.25) is 0 Å². The summed E-state index contributed by atoms with van der Waals surface area (Å²) in [5.41, 5.74) is 0.807. The second-order valence-corrected chi connectivity index (χ2v) is 9.03. The molecule has 2 aromatic rings. The van der Waals surface area contributed by atoms with Crippen molar-refractivity contribution < 1.29 is 18.0 Å². The molecular formula is C21H23F3N2OS. The van der Waals surface area contributed by atoms with Gasteiger partial charge in [-0.25, -0.2) is 0 Å². The van der Waals surface area contributed by atoms with Crippen molar-refractivity contribution in [2.45, 2.75) is 32.4 Å². The molecule has 1 amide bonds. The van der Waals surface area contributed by atoms with Gasteiger partial charge in [-0.2, -0.15) is 13.2 Å². The predicted octanol–water partition coefficient (Wildman–Crippen LogP) is 4.84. The summed E-state index contributed by atoms with van der Waals surface area (Å²) in [6, 6.07) is 8.08. The molecule has 2 heterocycles. The fourth-order valence-electron chi connectivity index (χ4n) is 3.96. The van der Waals surface area contributed by atoms with Crippen LogP contribution in [0.15, 0.2) is 30.3 Å². The number of rotatable bonds is 3. The van der Waals surface area contributed by atoms with Crippen LogP contribution in [0.25, 0.3) is 0 Å². The summed E-state index contributed by atoms with van der Waals surface area (Å²) in [4.78, 5) is 19.2. The number of carbonyl (C=O) groups is 1. The van der Waals surface area contributed by atoms with E-state index in [2.05, 4.69) is 19.1 Å². The molecule has 0 N–H and O–H groups in total. The number of anilines is 1. The average Bonchev–Trinajstić information content (AvgIpc) is 3.34. The molecule has 150 valence electrons. The van der Waals surface area contributed by atoms with Crippen LogP contribution in [0.1, 0.15) is 33.2 Å². The van der Waals surface area contributed by atoms with Gasteiger partial charge in [-0.3, -0.25) is 4.79 Å². The number of thiophene rings is 1. The molecule has 28 heavy (non-hydrogen) atoms. The zero-order chi connectivity index (χ0) is 20.1. The van der Waals surface area contributed by atoms with Gasteiger partial charge < -0.3 is 9.80 Å². The van der Waals surface area contributed by atoms with E-state index in [4.69, 9.17) is 0 Å². The third-order valence-electron chi connectivity index (χ3n) is 5.70. The predicted molar refractivity (Wildman–Crippen MR) is 105 cm³/mol. The largest absolute Gasteiger partial charge is 0.416 e. The summed E-state index contributed by atoms with van der Waals surface area (Å²) in [6.07, 6.45) is -3.44. The highest BCUT2D eigenvalue weighted by molar-refractivity contribution is 7.12. The van der Waals surface area contributed by atoms with Gasteiger partial charge in [0.25, 0.3) is 0 Å². The first kappa shape index (κ1) is 19.3. The smallest absolute Gasteiger partial charge is 0.368 e. The van der Waals surface area contributed by atoms with Gasteiger partial charge in [0.1, 0.15) is 0 Å². The highest BCUT2D eigenvalue weighted by atomic mass is 32.1. The van der Waals surface area contributed by atoms with Gasteiger partial charge in [-0.15, -0.1) is 11.3 Å². The van der Waals surface area contributed by atoms with Gasteiger partial charge in [0.2, 0.25) is 5.91 Å². The maximum atomic E-state index is 13.0. The van der Waals surface area contributed by atoms with E-state index in [1.54, 1.807) is 11.3 Å². The van der Waals surface area contributed by atoms with Crippen molar-refractivity contribution in [2.24, 2.45) is 5.92 Å². The molecule has 2 fully saturated rings. The van der Waals surface area contributed by atoms with E-state index in [9.17, 15) is 18.0 Å². The number of amides is 1. The summed E-state index contributed by atoms with van der Waals surface area (Å²) in [5, 5.41) is 0. The van der Waals surface area contributed by atoms with Crippen LogP contribution in [0, 0.1) is 19.8 Å². The SMILES string of the molecule is Cc1ccc(C2C[C@@H]2C(=O)N2CCN(c3cc(C(F)(F)F)ccc3C)CC2)s1. The highest BCUT2D eigenvalue weighted by Crippen LogP contribution is 2.50. The van der Waals surface area contributed by atoms with Crippen molar-refractivity contribution in [3.05, 3.63) is 51.2 Å². The van der Waals surface area contributed by atoms with Crippen molar-refractivity contribution in [1.29, 1.82) is 0 Å². The van der Waals surface area contributed by atoms with Gasteiger partial charge in [0, 0.05) is 53.5 Å². The van der Waals surface area contributed by atoms with E-state index >= 15 is 0 Å². The van der Waals surface area contributed by atoms with Gasteiger partial charge in [0.05, 0.1) is 5.56 Å². The standard InChI is InChI=1S/C21H23F3N2OS/c1-13-3-5-15(21(22,23)24)11-18(13)25-7-9-26(10-8-25)20(27)17-12-16(17)19-6-4-14(2)28-19/h3-6,11,16-17H,7-10,12H2,1-2H3/t16?,17-/m0/s1. The highest BCUT2D eigenvalue weighted by Gasteiger charge is 2.46. The molecule has 1 saturated carbocycles. The Hall–Kier alpha value is -2.02. The Kier molecular flexibility index (Phi) is 4.89. The Balaban J connectivity index is 1.38. The summed E-state index contributed by atoms with van der Waals surface area (Å²) in [6.45, 7) is 6.13. The van der Waals surface area contributed by atoms with E-state index in [0.29, 0.717) is 37.8 Å². The molecule has 1 aliphatic heterocycles. The van der Waals surface area contributed by atoms with E-state index in [-0.39, 0.29) is 11.8 Å². The number of carbonyl (C=O) groups excluding carboxylic acids is 1. The lowest BCUT2D eigenvalue weighted by atomic mass is 10.1. The van der Waals surface area contributed by atoms with Crippen molar-refractivity contribution >= 4 is 22.9 Å². The average molecular weight is 408 g/mol. The monoisotopic (exact) mass is 408 g/mol. The van der Waals surface area contributed by atoms with E-state index in [1.807, 2.05) is 16.7 Å². The topological polar surface area (TPSA) is 23.6 Å². The molecule has 3 nitrogen and oxygen atoms in total. The maximum Gasteiger partial charge on any atom is 0.416 e. The lowest BCUT2D eigenvalue weighted by molar-refractivity contribution is -0.137. The van der Waals surface area contributed by atoms with Crippen molar-refractivity contribution in [2.75, 3.05) is 31.1 Å². The molecule has 7 heteroatoms. The van der Waals surface area contributed by atoms with E-state index in [0.717, 1.165) is 18.1 Å². The Morgan fingerprint density at radius 2 is 1.79 bits per heavy atom. The number of piperazine rings is 1. The normalized spacial score (nSPS) is 22.5. The molecule has 1 unspecified atom stereocenters. The molecule has 0 bridgehead atoms. The van der Waals surface area contributed by atoms with Crippen molar-refractivity contribution in [3.8, 4) is 0 Å². The number of hydrogen-bond donors (Lipinski definition) is 0. The summed E-state index contributed by atoms with van der Waals surface area (Å²) in [5.74, 6) is 0.603. The number of benzene rings is 1. The fourth-order valence-corrected chi connectivity index (χ4v) is 5.02. The Morgan fingerprint density at radius 1 is 1.07 bits per heavy atom. The Labute approximate surface area is 166 Å². The molecule has 0 radical (unpaired) electrons. The quantitative estimate of drug-likeness (QED) is 0.726. The van der Waals surface area contributed by atoms with Crippen LogP contribution in [-0.2, 0) is 11.0 Å². The minimum atomic E-state index is -4.35. The molecule has 4 rings (SSSR count). The second-order valence-electron chi connectivity index (χ2n) is 7.71. The third-order valence-corrected chi connectivity index (χ3v) is 6.84. The van der Waals surface area contributed by atoms with Gasteiger partial charge >= 0.3 is 6.18 Å². The first-order valence-electron chi connectivity index (χ1n) is 9.52. The lowest BCUT2D eigenvalue weighted by Gasteiger charge is -2.37. The number of aryl methyl sites for hydroxylation is 2. The Bertz CT molecular complexity index is 884. The fraction of sp³-hybridized carbons (Fsp3) is 0.476. The molecule has 1 aromatic heterocycles. The summed E-state index contributed by atoms with van der Waals surface area (Å²) >= 11 is 1.76. The zero-order valence-electron chi connectivity index (χ0n) is 15.9. The van der Waals surface area contributed by atoms with Crippen molar-refractivity contribution in [3.63, 3.8) is 0 Å². The molecule has 1 saturated heterocycles. The third kappa shape index (κ3) is 3.77. The molecule has 1 aliphatic carbocycles. The minimum Gasteiger partial charge on any atom is -0.368 e. The number of alkyl halides is 3. The number of hydrogen-bond acceptors (Lipinski definition) is 3. The lowest BCUT2D eigenvalue weighted by Crippen LogP contribution is -2.49. The molecular weight excluding hydrogens is 385 g/mol. The van der Waals surface area contributed by atoms with Crippen LogP contribution >= 0.6 is 11.3 Å². The molecule has 1 aromatic carbocycles. The van der Waals surface area contributed by atoms with Crippen LogP contribution in [0.5, 0.6) is 0 Å². The first-order chi connectivity index (χ1) is 13.2. The second kappa shape index (κ2) is 7.10. The number of halogens is 3. The van der Waals surface area contributed by atoms with Crippen LogP contribution in [0.3, 0.4) is 0 Å². The first-order valence-corrected chi connectivity index (χ1v) is 10.3. The number of nitrogens with zero attached hydrogens (tertiary/aromatic N) is 2. The maximum absolute atomic E-state index is 13.0. The summed E-state index contributed by atoms with van der Waals surface area (Å²) < 4.78 is 39.1. The van der Waals surface area contributed by atoms with E-state index in [1.165, 1.54) is 21.9 Å². The van der Waals surface area contributed by atoms with Crippen LogP contribution < -0.4 is 4.90 Å². The van der Waals surface area contributed by atoms with Gasteiger partial charge in [-0.05, 0) is 50.1 Å². The van der Waals surface area contributed by atoms with Crippen molar-refractivity contribution in [1.82, 2.24) is 4.90 Å². The molecule has 2 atom stereocenters. The Morgan fingerprint density at radius 3 is 2.39 bits per heavy atom. The van der Waals surface area contributed by atoms with Crippen LogP contribution in [-0.4, -0.2) is 37.0 Å². The van der Waals surface area contributed by atoms with E-state index < -0.39 is 11.7 Å². The molecule has 0 spiro atoms. The van der Waals surface area contributed by atoms with Gasteiger partial charge in [-0.1, -0.05) is 6.07 Å².